The Bertz CT molecular complexity index is 838. The van der Waals surface area contributed by atoms with Crippen LogP contribution < -0.4 is 5.32 Å². The highest BCUT2D eigenvalue weighted by Gasteiger charge is 2.67. The predicted octanol–water partition coefficient (Wildman–Crippen LogP) is 2.30. The SMILES string of the molecule is Cc1ccc(NC(=O)CN2C(=O)[C@@H]3[C@H]4C=C[C@H]([C@H]5C[C@H]45)[C@@H]3C2=O)cc1C. The van der Waals surface area contributed by atoms with E-state index in [0.29, 0.717) is 17.5 Å². The Morgan fingerprint density at radius 2 is 1.65 bits per heavy atom. The molecule has 1 aromatic rings. The normalized spacial score (nSPS) is 36.2. The fourth-order valence-electron chi connectivity index (χ4n) is 5.34. The van der Waals surface area contributed by atoms with Crippen molar-refractivity contribution < 1.29 is 14.4 Å². The number of nitrogens with zero attached hydrogens (tertiary/aromatic N) is 1. The number of benzene rings is 1. The van der Waals surface area contributed by atoms with Gasteiger partial charge in [0, 0.05) is 5.69 Å². The monoisotopic (exact) mass is 350 g/mol. The highest BCUT2D eigenvalue weighted by atomic mass is 16.2. The number of anilines is 1. The van der Waals surface area contributed by atoms with Crippen LogP contribution >= 0.6 is 0 Å². The second-order valence-electron chi connectivity index (χ2n) is 8.26. The maximum atomic E-state index is 12.9. The Morgan fingerprint density at radius 3 is 2.23 bits per heavy atom. The van der Waals surface area contributed by atoms with Gasteiger partial charge in [-0.25, -0.2) is 0 Å². The minimum absolute atomic E-state index is 0.153. The maximum absolute atomic E-state index is 12.9. The molecule has 3 amide bonds. The van der Waals surface area contributed by atoms with Crippen molar-refractivity contribution in [3.8, 4) is 0 Å². The summed E-state index contributed by atoms with van der Waals surface area (Å²) in [6.07, 6.45) is 5.43. The molecule has 6 atom stereocenters. The van der Waals surface area contributed by atoms with E-state index in [4.69, 9.17) is 0 Å². The lowest BCUT2D eigenvalue weighted by Gasteiger charge is -2.37. The van der Waals surface area contributed by atoms with Crippen molar-refractivity contribution in [3.05, 3.63) is 41.5 Å². The molecular formula is C21H22N2O3. The van der Waals surface area contributed by atoms with E-state index < -0.39 is 0 Å². The molecule has 4 aliphatic carbocycles. The summed E-state index contributed by atoms with van der Waals surface area (Å²) >= 11 is 0. The molecule has 2 saturated carbocycles. The summed E-state index contributed by atoms with van der Waals surface area (Å²) in [5.74, 6) is 0.434. The third kappa shape index (κ3) is 2.12. The molecule has 1 aromatic carbocycles. The van der Waals surface area contributed by atoms with Crippen LogP contribution in [0, 0.1) is 49.4 Å². The number of nitrogens with one attached hydrogen (secondary N) is 1. The number of rotatable bonds is 3. The fourth-order valence-corrected chi connectivity index (χ4v) is 5.34. The van der Waals surface area contributed by atoms with E-state index in [1.807, 2.05) is 32.0 Å². The second kappa shape index (κ2) is 5.29. The van der Waals surface area contributed by atoms with E-state index in [2.05, 4.69) is 17.5 Å². The van der Waals surface area contributed by atoms with Gasteiger partial charge < -0.3 is 5.32 Å². The lowest BCUT2D eigenvalue weighted by molar-refractivity contribution is -0.142. The van der Waals surface area contributed by atoms with Crippen molar-refractivity contribution in [3.63, 3.8) is 0 Å². The molecule has 1 heterocycles. The zero-order valence-corrected chi connectivity index (χ0v) is 14.9. The average Bonchev–Trinajstić information content (AvgIpc) is 3.39. The standard InChI is InChI=1S/C21H22N2O3/c1-10-3-4-12(7-11(10)2)22-17(24)9-23-20(25)18-13-5-6-14(16-8-15(13)16)19(18)21(23)26/h3-7,13-16,18-19H,8-9H2,1-2H3,(H,22,24)/t13-,14+,15-,16-,18+,19-/m1/s1. The quantitative estimate of drug-likeness (QED) is 0.672. The average molecular weight is 350 g/mol. The summed E-state index contributed by atoms with van der Waals surface area (Å²) in [4.78, 5) is 39.4. The Balaban J connectivity index is 1.32. The molecule has 0 aromatic heterocycles. The number of imide groups is 1. The third-order valence-corrected chi connectivity index (χ3v) is 6.85. The van der Waals surface area contributed by atoms with Gasteiger partial charge in [0.1, 0.15) is 6.54 Å². The van der Waals surface area contributed by atoms with Crippen molar-refractivity contribution in [1.29, 1.82) is 0 Å². The van der Waals surface area contributed by atoms with Gasteiger partial charge in [-0.1, -0.05) is 18.2 Å². The minimum atomic E-state index is -0.320. The van der Waals surface area contributed by atoms with Crippen LogP contribution in [0.1, 0.15) is 17.5 Å². The highest BCUT2D eigenvalue weighted by Crippen LogP contribution is 2.65. The van der Waals surface area contributed by atoms with E-state index in [-0.39, 0.29) is 47.9 Å². The van der Waals surface area contributed by atoms with Gasteiger partial charge in [-0.3, -0.25) is 19.3 Å². The summed E-state index contributed by atoms with van der Waals surface area (Å²) in [5.41, 5.74) is 2.93. The minimum Gasteiger partial charge on any atom is -0.325 e. The van der Waals surface area contributed by atoms with Gasteiger partial charge in [-0.05, 0) is 67.2 Å². The van der Waals surface area contributed by atoms with Crippen molar-refractivity contribution in [1.82, 2.24) is 4.90 Å². The van der Waals surface area contributed by atoms with Crippen molar-refractivity contribution >= 4 is 23.4 Å². The molecular weight excluding hydrogens is 328 g/mol. The first kappa shape index (κ1) is 15.8. The summed E-state index contributed by atoms with van der Waals surface area (Å²) in [6, 6.07) is 5.69. The number of aryl methyl sites for hydroxylation is 2. The Labute approximate surface area is 152 Å². The number of likely N-dealkylation sites (tertiary alicyclic amines) is 1. The first-order chi connectivity index (χ1) is 12.5. The van der Waals surface area contributed by atoms with Gasteiger partial charge in [0.25, 0.3) is 0 Å². The third-order valence-electron chi connectivity index (χ3n) is 6.85. The second-order valence-corrected chi connectivity index (χ2v) is 8.26. The Kier molecular flexibility index (Phi) is 3.21. The maximum Gasteiger partial charge on any atom is 0.244 e. The Morgan fingerprint density at radius 1 is 1.04 bits per heavy atom. The molecule has 0 spiro atoms. The van der Waals surface area contributed by atoms with Gasteiger partial charge in [-0.2, -0.15) is 0 Å². The molecule has 5 nitrogen and oxygen atoms in total. The van der Waals surface area contributed by atoms with Gasteiger partial charge in [0.2, 0.25) is 17.7 Å². The van der Waals surface area contributed by atoms with E-state index >= 15 is 0 Å². The summed E-state index contributed by atoms with van der Waals surface area (Å²) in [7, 11) is 0. The summed E-state index contributed by atoms with van der Waals surface area (Å²) in [5, 5.41) is 2.81. The van der Waals surface area contributed by atoms with Crippen LogP contribution in [0.2, 0.25) is 0 Å². The van der Waals surface area contributed by atoms with E-state index in [1.165, 1.54) is 4.90 Å². The van der Waals surface area contributed by atoms with Crippen molar-refractivity contribution in [2.75, 3.05) is 11.9 Å². The summed E-state index contributed by atoms with van der Waals surface area (Å²) in [6.45, 7) is 3.81. The van der Waals surface area contributed by atoms with E-state index in [0.717, 1.165) is 17.5 Å². The molecule has 6 rings (SSSR count). The molecule has 1 saturated heterocycles. The van der Waals surface area contributed by atoms with Gasteiger partial charge in [0.05, 0.1) is 11.8 Å². The first-order valence-electron chi connectivity index (χ1n) is 9.36. The van der Waals surface area contributed by atoms with Crippen LogP contribution in [-0.2, 0) is 14.4 Å². The zero-order valence-electron chi connectivity index (χ0n) is 14.9. The largest absolute Gasteiger partial charge is 0.325 e. The number of carbonyl (C=O) groups is 3. The molecule has 5 heteroatoms. The molecule has 134 valence electrons. The molecule has 0 unspecified atom stereocenters. The molecule has 1 aliphatic heterocycles. The number of hydrogen-bond donors (Lipinski definition) is 1. The lowest BCUT2D eigenvalue weighted by Crippen LogP contribution is -2.40. The number of carbonyl (C=O) groups excluding carboxylic acids is 3. The molecule has 5 aliphatic rings. The zero-order chi connectivity index (χ0) is 18.2. The van der Waals surface area contributed by atoms with E-state index in [1.54, 1.807) is 0 Å². The fraction of sp³-hybridized carbons (Fsp3) is 0.476. The number of hydrogen-bond acceptors (Lipinski definition) is 3. The Hall–Kier alpha value is -2.43. The van der Waals surface area contributed by atoms with Crippen LogP contribution in [0.25, 0.3) is 0 Å². The van der Waals surface area contributed by atoms with Gasteiger partial charge in [0.15, 0.2) is 0 Å². The van der Waals surface area contributed by atoms with Crippen molar-refractivity contribution in [2.45, 2.75) is 20.3 Å². The lowest BCUT2D eigenvalue weighted by atomic mass is 9.63. The summed E-state index contributed by atoms with van der Waals surface area (Å²) < 4.78 is 0. The predicted molar refractivity (Wildman–Crippen MR) is 96.0 cm³/mol. The van der Waals surface area contributed by atoms with Crippen LogP contribution in [0.15, 0.2) is 30.4 Å². The smallest absolute Gasteiger partial charge is 0.244 e. The molecule has 2 bridgehead atoms. The molecule has 1 N–H and O–H groups in total. The van der Waals surface area contributed by atoms with Gasteiger partial charge >= 0.3 is 0 Å². The van der Waals surface area contributed by atoms with Gasteiger partial charge in [-0.15, -0.1) is 0 Å². The highest BCUT2D eigenvalue weighted by molar-refractivity contribution is 6.09. The number of amides is 3. The van der Waals surface area contributed by atoms with Crippen LogP contribution in [0.5, 0.6) is 0 Å². The number of allylic oxidation sites excluding steroid dienone is 2. The van der Waals surface area contributed by atoms with Crippen LogP contribution in [-0.4, -0.2) is 29.2 Å². The molecule has 0 radical (unpaired) electrons. The van der Waals surface area contributed by atoms with Crippen LogP contribution in [0.4, 0.5) is 5.69 Å². The molecule has 26 heavy (non-hydrogen) atoms. The topological polar surface area (TPSA) is 66.5 Å². The van der Waals surface area contributed by atoms with E-state index in [9.17, 15) is 14.4 Å². The van der Waals surface area contributed by atoms with Crippen LogP contribution in [0.3, 0.4) is 0 Å². The van der Waals surface area contributed by atoms with Crippen molar-refractivity contribution in [2.24, 2.45) is 35.5 Å². The first-order valence-corrected chi connectivity index (χ1v) is 9.36. The molecule has 3 fully saturated rings.